The molecule has 0 bridgehead atoms. The fourth-order valence-corrected chi connectivity index (χ4v) is 2.70. The highest BCUT2D eigenvalue weighted by Crippen LogP contribution is 2.19. The molecule has 9 heteroatoms. The molecule has 0 saturated carbocycles. The number of nitrogens with one attached hydrogen (secondary N) is 2. The van der Waals surface area contributed by atoms with Crippen molar-refractivity contribution >= 4 is 40.3 Å². The predicted octanol–water partition coefficient (Wildman–Crippen LogP) is 3.10. The number of fused-ring (bicyclic) bond motifs is 1. The van der Waals surface area contributed by atoms with Gasteiger partial charge in [0, 0.05) is 16.9 Å². The van der Waals surface area contributed by atoms with Gasteiger partial charge in [0.2, 0.25) is 5.91 Å². The van der Waals surface area contributed by atoms with Crippen LogP contribution in [0.15, 0.2) is 60.9 Å². The van der Waals surface area contributed by atoms with Crippen LogP contribution >= 0.6 is 11.6 Å². The van der Waals surface area contributed by atoms with Gasteiger partial charge in [-0.05, 0) is 42.5 Å². The summed E-state index contributed by atoms with van der Waals surface area (Å²) < 4.78 is 1.54. The van der Waals surface area contributed by atoms with Gasteiger partial charge >= 0.3 is 0 Å². The minimum atomic E-state index is -0.229. The third-order valence-electron chi connectivity index (χ3n) is 3.69. The van der Waals surface area contributed by atoms with Crippen LogP contribution in [0.25, 0.3) is 5.65 Å². The minimum Gasteiger partial charge on any atom is -0.339 e. The van der Waals surface area contributed by atoms with Crippen LogP contribution in [0.3, 0.4) is 0 Å². The number of benzene rings is 1. The molecule has 1 aromatic carbocycles. The number of amides is 1. The lowest BCUT2D eigenvalue weighted by molar-refractivity contribution is -0.115. The molecule has 27 heavy (non-hydrogen) atoms. The second kappa shape index (κ2) is 7.38. The number of halogens is 1. The lowest BCUT2D eigenvalue weighted by atomic mass is 10.3. The maximum absolute atomic E-state index is 12.3. The molecule has 0 aliphatic carbocycles. The number of anilines is 3. The van der Waals surface area contributed by atoms with E-state index in [0.29, 0.717) is 28.0 Å². The van der Waals surface area contributed by atoms with E-state index in [1.54, 1.807) is 48.8 Å². The Labute approximate surface area is 159 Å². The van der Waals surface area contributed by atoms with E-state index in [2.05, 4.69) is 30.9 Å². The SMILES string of the molecule is O=C(Cc1nnc2ccc(Nc3cccc(Cl)c3)nn12)Nc1cccnc1. The van der Waals surface area contributed by atoms with Crippen LogP contribution in [-0.2, 0) is 11.2 Å². The summed E-state index contributed by atoms with van der Waals surface area (Å²) in [6, 6.07) is 14.4. The Morgan fingerprint density at radius 3 is 2.78 bits per heavy atom. The molecule has 0 fully saturated rings. The first-order chi connectivity index (χ1) is 13.2. The molecule has 4 rings (SSSR count). The first kappa shape index (κ1) is 16.9. The van der Waals surface area contributed by atoms with Crippen LogP contribution in [0.5, 0.6) is 0 Å². The van der Waals surface area contributed by atoms with Gasteiger partial charge < -0.3 is 10.6 Å². The minimum absolute atomic E-state index is 0.0314. The van der Waals surface area contributed by atoms with E-state index in [1.165, 1.54) is 4.52 Å². The molecular weight excluding hydrogens is 366 g/mol. The number of aromatic nitrogens is 5. The third kappa shape index (κ3) is 4.01. The Balaban J connectivity index is 1.54. The van der Waals surface area contributed by atoms with Gasteiger partial charge in [-0.1, -0.05) is 17.7 Å². The average Bonchev–Trinajstić information content (AvgIpc) is 3.05. The molecule has 134 valence electrons. The van der Waals surface area contributed by atoms with Crippen LogP contribution in [0, 0.1) is 0 Å². The Kier molecular flexibility index (Phi) is 4.63. The summed E-state index contributed by atoms with van der Waals surface area (Å²) in [5.41, 5.74) is 1.97. The smallest absolute Gasteiger partial charge is 0.232 e. The van der Waals surface area contributed by atoms with E-state index in [4.69, 9.17) is 11.6 Å². The zero-order chi connectivity index (χ0) is 18.6. The lowest BCUT2D eigenvalue weighted by Gasteiger charge is -2.07. The highest BCUT2D eigenvalue weighted by molar-refractivity contribution is 6.30. The van der Waals surface area contributed by atoms with Crippen LogP contribution in [-0.4, -0.2) is 30.7 Å². The van der Waals surface area contributed by atoms with E-state index in [9.17, 15) is 4.79 Å². The second-order valence-corrected chi connectivity index (χ2v) is 6.14. The molecule has 0 saturated heterocycles. The molecule has 0 spiro atoms. The summed E-state index contributed by atoms with van der Waals surface area (Å²) in [5.74, 6) is 0.784. The Bertz CT molecular complexity index is 1100. The van der Waals surface area contributed by atoms with Gasteiger partial charge in [0.1, 0.15) is 0 Å². The molecule has 0 unspecified atom stereocenters. The van der Waals surface area contributed by atoms with E-state index >= 15 is 0 Å². The predicted molar refractivity (Wildman–Crippen MR) is 102 cm³/mol. The summed E-state index contributed by atoms with van der Waals surface area (Å²) in [7, 11) is 0. The zero-order valence-electron chi connectivity index (χ0n) is 14.0. The first-order valence-corrected chi connectivity index (χ1v) is 8.49. The van der Waals surface area contributed by atoms with Crippen molar-refractivity contribution in [2.24, 2.45) is 0 Å². The second-order valence-electron chi connectivity index (χ2n) is 5.71. The summed E-state index contributed by atoms with van der Waals surface area (Å²) in [5, 5.41) is 19.1. The molecule has 8 nitrogen and oxygen atoms in total. The number of hydrogen-bond donors (Lipinski definition) is 2. The van der Waals surface area contributed by atoms with Gasteiger partial charge in [-0.2, -0.15) is 4.52 Å². The summed E-state index contributed by atoms with van der Waals surface area (Å²) >= 11 is 6.00. The molecule has 3 heterocycles. The van der Waals surface area contributed by atoms with Gasteiger partial charge in [0.05, 0.1) is 18.3 Å². The number of carbonyl (C=O) groups is 1. The topological polar surface area (TPSA) is 97.1 Å². The lowest BCUT2D eigenvalue weighted by Crippen LogP contribution is -2.17. The number of hydrogen-bond acceptors (Lipinski definition) is 6. The van der Waals surface area contributed by atoms with E-state index < -0.39 is 0 Å². The van der Waals surface area contributed by atoms with Crippen LogP contribution in [0.4, 0.5) is 17.2 Å². The number of pyridine rings is 1. The molecule has 3 aromatic heterocycles. The molecule has 0 aliphatic rings. The van der Waals surface area contributed by atoms with Crippen molar-refractivity contribution in [3.8, 4) is 0 Å². The fraction of sp³-hybridized carbons (Fsp3) is 0.0556. The number of carbonyl (C=O) groups excluding carboxylic acids is 1. The largest absolute Gasteiger partial charge is 0.339 e. The Morgan fingerprint density at radius 1 is 1.07 bits per heavy atom. The standard InChI is InChI=1S/C18H14ClN7O/c19-12-3-1-4-13(9-12)21-15-6-7-16-23-24-17(26(16)25-15)10-18(27)22-14-5-2-8-20-11-14/h1-9,11H,10H2,(H,21,25)(H,22,27). The van der Waals surface area contributed by atoms with E-state index in [1.807, 2.05) is 12.1 Å². The van der Waals surface area contributed by atoms with Gasteiger partial charge in [0.25, 0.3) is 0 Å². The summed E-state index contributed by atoms with van der Waals surface area (Å²) in [6.07, 6.45) is 3.24. The molecular formula is C18H14ClN7O. The van der Waals surface area contributed by atoms with Gasteiger partial charge in [-0.3, -0.25) is 9.78 Å². The summed E-state index contributed by atoms with van der Waals surface area (Å²) in [6.45, 7) is 0. The van der Waals surface area contributed by atoms with Gasteiger partial charge in [-0.15, -0.1) is 15.3 Å². The highest BCUT2D eigenvalue weighted by Gasteiger charge is 2.13. The van der Waals surface area contributed by atoms with E-state index in [0.717, 1.165) is 5.69 Å². The maximum atomic E-state index is 12.3. The molecule has 1 amide bonds. The van der Waals surface area contributed by atoms with E-state index in [-0.39, 0.29) is 12.3 Å². The van der Waals surface area contributed by atoms with Gasteiger partial charge in [0.15, 0.2) is 17.3 Å². The third-order valence-corrected chi connectivity index (χ3v) is 3.92. The Morgan fingerprint density at radius 2 is 1.96 bits per heavy atom. The average molecular weight is 380 g/mol. The van der Waals surface area contributed by atoms with Crippen molar-refractivity contribution in [1.82, 2.24) is 24.8 Å². The first-order valence-electron chi connectivity index (χ1n) is 8.11. The van der Waals surface area contributed by atoms with Crippen LogP contribution in [0.2, 0.25) is 5.02 Å². The quantitative estimate of drug-likeness (QED) is 0.553. The number of nitrogens with zero attached hydrogens (tertiary/aromatic N) is 5. The molecule has 0 radical (unpaired) electrons. The zero-order valence-corrected chi connectivity index (χ0v) is 14.8. The molecule has 2 N–H and O–H groups in total. The van der Waals surface area contributed by atoms with Crippen molar-refractivity contribution in [2.75, 3.05) is 10.6 Å². The number of rotatable bonds is 5. The fourth-order valence-electron chi connectivity index (χ4n) is 2.51. The van der Waals surface area contributed by atoms with Crippen LogP contribution in [0.1, 0.15) is 5.82 Å². The van der Waals surface area contributed by atoms with Crippen molar-refractivity contribution in [2.45, 2.75) is 6.42 Å². The highest BCUT2D eigenvalue weighted by atomic mass is 35.5. The van der Waals surface area contributed by atoms with Crippen molar-refractivity contribution in [3.05, 3.63) is 71.8 Å². The maximum Gasteiger partial charge on any atom is 0.232 e. The molecule has 4 aromatic rings. The van der Waals surface area contributed by atoms with Crippen molar-refractivity contribution in [1.29, 1.82) is 0 Å². The Hall–Kier alpha value is -3.52. The van der Waals surface area contributed by atoms with Crippen molar-refractivity contribution < 1.29 is 4.79 Å². The molecule has 0 atom stereocenters. The van der Waals surface area contributed by atoms with Crippen molar-refractivity contribution in [3.63, 3.8) is 0 Å². The normalized spacial score (nSPS) is 10.7. The monoisotopic (exact) mass is 379 g/mol. The molecule has 0 aliphatic heterocycles. The summed E-state index contributed by atoms with van der Waals surface area (Å²) in [4.78, 5) is 16.2. The van der Waals surface area contributed by atoms with Crippen LogP contribution < -0.4 is 10.6 Å². The van der Waals surface area contributed by atoms with Gasteiger partial charge in [-0.25, -0.2) is 0 Å².